The number of anilines is 1. The molecule has 3 aromatic rings. The van der Waals surface area contributed by atoms with E-state index >= 15 is 0 Å². The number of carbonyl (C=O) groups excluding carboxylic acids is 1. The summed E-state index contributed by atoms with van der Waals surface area (Å²) in [7, 11) is 0. The van der Waals surface area contributed by atoms with Gasteiger partial charge >= 0.3 is 0 Å². The van der Waals surface area contributed by atoms with Gasteiger partial charge in [0.25, 0.3) is 5.91 Å². The third-order valence-electron chi connectivity index (χ3n) is 2.92. The number of nitrogens with one attached hydrogen (secondary N) is 2. The first-order valence-corrected chi connectivity index (χ1v) is 7.16. The molecule has 0 saturated heterocycles. The molecular formula is C15H10BrFN4O. The quantitative estimate of drug-likeness (QED) is 0.749. The first-order valence-electron chi connectivity index (χ1n) is 6.37. The largest absolute Gasteiger partial charge is 0.289 e. The molecule has 0 radical (unpaired) electrons. The number of amides is 1. The summed E-state index contributed by atoms with van der Waals surface area (Å²) in [6.45, 7) is 0. The predicted octanol–water partition coefficient (Wildman–Crippen LogP) is 3.63. The van der Waals surface area contributed by atoms with Gasteiger partial charge in [-0.2, -0.15) is 4.98 Å². The lowest BCUT2D eigenvalue weighted by Gasteiger charge is -2.00. The molecule has 5 nitrogen and oxygen atoms in total. The van der Waals surface area contributed by atoms with Crippen LogP contribution in [0.15, 0.2) is 53.0 Å². The highest BCUT2D eigenvalue weighted by Gasteiger charge is 2.11. The van der Waals surface area contributed by atoms with E-state index in [1.807, 2.05) is 24.3 Å². The fourth-order valence-electron chi connectivity index (χ4n) is 1.86. The summed E-state index contributed by atoms with van der Waals surface area (Å²) in [6.07, 6.45) is 0. The van der Waals surface area contributed by atoms with Crippen LogP contribution >= 0.6 is 15.9 Å². The van der Waals surface area contributed by atoms with Crippen LogP contribution in [0.5, 0.6) is 0 Å². The minimum absolute atomic E-state index is 0.157. The SMILES string of the molecule is O=C(Nc1n[nH]c(-c2cccc(Br)c2)n1)c1ccc(F)cc1. The lowest BCUT2D eigenvalue weighted by Crippen LogP contribution is -2.12. The molecule has 0 aliphatic carbocycles. The average molecular weight is 361 g/mol. The third-order valence-corrected chi connectivity index (χ3v) is 3.41. The number of rotatable bonds is 3. The summed E-state index contributed by atoms with van der Waals surface area (Å²) in [4.78, 5) is 16.2. The van der Waals surface area contributed by atoms with Crippen LogP contribution in [-0.4, -0.2) is 21.1 Å². The molecule has 1 heterocycles. The van der Waals surface area contributed by atoms with Gasteiger partial charge in [0, 0.05) is 15.6 Å². The summed E-state index contributed by atoms with van der Waals surface area (Å²) in [6, 6.07) is 12.8. The van der Waals surface area contributed by atoms with Crippen LogP contribution in [0.4, 0.5) is 10.3 Å². The van der Waals surface area contributed by atoms with Crippen LogP contribution in [0.3, 0.4) is 0 Å². The van der Waals surface area contributed by atoms with Gasteiger partial charge in [0.1, 0.15) is 5.82 Å². The van der Waals surface area contributed by atoms with Crippen LogP contribution in [-0.2, 0) is 0 Å². The molecule has 0 aliphatic heterocycles. The first kappa shape index (κ1) is 14.4. The van der Waals surface area contributed by atoms with E-state index in [0.717, 1.165) is 10.0 Å². The summed E-state index contributed by atoms with van der Waals surface area (Å²) in [5.41, 5.74) is 1.17. The van der Waals surface area contributed by atoms with E-state index < -0.39 is 11.7 Å². The van der Waals surface area contributed by atoms with Crippen molar-refractivity contribution in [2.75, 3.05) is 5.32 Å². The summed E-state index contributed by atoms with van der Waals surface area (Å²) in [5.74, 6) is -0.105. The van der Waals surface area contributed by atoms with Crippen LogP contribution in [0.2, 0.25) is 0 Å². The number of nitrogens with zero attached hydrogens (tertiary/aromatic N) is 2. The summed E-state index contributed by atoms with van der Waals surface area (Å²) < 4.78 is 13.8. The Balaban J connectivity index is 1.77. The van der Waals surface area contributed by atoms with Crippen molar-refractivity contribution in [2.24, 2.45) is 0 Å². The first-order chi connectivity index (χ1) is 10.6. The van der Waals surface area contributed by atoms with E-state index in [-0.39, 0.29) is 5.95 Å². The number of aromatic nitrogens is 3. The minimum Gasteiger partial charge on any atom is -0.289 e. The van der Waals surface area contributed by atoms with Crippen LogP contribution in [0.1, 0.15) is 10.4 Å². The number of aromatic amines is 1. The highest BCUT2D eigenvalue weighted by atomic mass is 79.9. The Labute approximate surface area is 133 Å². The smallest absolute Gasteiger partial charge is 0.258 e. The minimum atomic E-state index is -0.403. The molecule has 2 aromatic carbocycles. The molecule has 0 spiro atoms. The van der Waals surface area contributed by atoms with Crippen molar-refractivity contribution in [3.05, 3.63) is 64.4 Å². The maximum Gasteiger partial charge on any atom is 0.258 e. The van der Waals surface area contributed by atoms with Crippen molar-refractivity contribution < 1.29 is 9.18 Å². The lowest BCUT2D eigenvalue weighted by molar-refractivity contribution is 0.102. The van der Waals surface area contributed by atoms with E-state index in [4.69, 9.17) is 0 Å². The normalized spacial score (nSPS) is 10.5. The highest BCUT2D eigenvalue weighted by Crippen LogP contribution is 2.20. The van der Waals surface area contributed by atoms with Gasteiger partial charge in [0.15, 0.2) is 5.82 Å². The Morgan fingerprint density at radius 1 is 1.18 bits per heavy atom. The van der Waals surface area contributed by atoms with Gasteiger partial charge in [-0.3, -0.25) is 15.2 Å². The fraction of sp³-hybridized carbons (Fsp3) is 0. The summed E-state index contributed by atoms with van der Waals surface area (Å²) >= 11 is 3.38. The van der Waals surface area contributed by atoms with Crippen molar-refractivity contribution >= 4 is 27.8 Å². The molecule has 1 amide bonds. The third kappa shape index (κ3) is 3.20. The molecule has 1 aromatic heterocycles. The second kappa shape index (κ2) is 6.07. The van der Waals surface area contributed by atoms with Gasteiger partial charge in [-0.15, -0.1) is 5.10 Å². The second-order valence-corrected chi connectivity index (χ2v) is 5.39. The zero-order valence-electron chi connectivity index (χ0n) is 11.2. The lowest BCUT2D eigenvalue weighted by atomic mass is 10.2. The van der Waals surface area contributed by atoms with Crippen molar-refractivity contribution in [3.8, 4) is 11.4 Å². The molecular weight excluding hydrogens is 351 g/mol. The molecule has 7 heteroatoms. The molecule has 0 fully saturated rings. The van der Waals surface area contributed by atoms with Gasteiger partial charge in [-0.05, 0) is 36.4 Å². The Hall–Kier alpha value is -2.54. The monoisotopic (exact) mass is 360 g/mol. The van der Waals surface area contributed by atoms with E-state index in [2.05, 4.69) is 36.4 Å². The summed E-state index contributed by atoms with van der Waals surface area (Å²) in [5, 5.41) is 9.26. The van der Waals surface area contributed by atoms with Crippen LogP contribution < -0.4 is 5.32 Å². The highest BCUT2D eigenvalue weighted by molar-refractivity contribution is 9.10. The fourth-order valence-corrected chi connectivity index (χ4v) is 2.26. The van der Waals surface area contributed by atoms with Gasteiger partial charge in [0.2, 0.25) is 5.95 Å². The number of halogens is 2. The topological polar surface area (TPSA) is 70.7 Å². The predicted molar refractivity (Wildman–Crippen MR) is 83.9 cm³/mol. The maximum absolute atomic E-state index is 12.8. The van der Waals surface area contributed by atoms with Gasteiger partial charge < -0.3 is 0 Å². The number of carbonyl (C=O) groups is 1. The zero-order valence-corrected chi connectivity index (χ0v) is 12.8. The Morgan fingerprint density at radius 3 is 2.68 bits per heavy atom. The van der Waals surface area contributed by atoms with Gasteiger partial charge in [-0.25, -0.2) is 4.39 Å². The van der Waals surface area contributed by atoms with Crippen LogP contribution in [0, 0.1) is 5.82 Å². The molecule has 110 valence electrons. The molecule has 2 N–H and O–H groups in total. The van der Waals surface area contributed by atoms with Crippen molar-refractivity contribution in [2.45, 2.75) is 0 Å². The Morgan fingerprint density at radius 2 is 1.95 bits per heavy atom. The second-order valence-electron chi connectivity index (χ2n) is 4.48. The average Bonchev–Trinajstić information content (AvgIpc) is 2.96. The molecule has 3 rings (SSSR count). The van der Waals surface area contributed by atoms with Gasteiger partial charge in [-0.1, -0.05) is 28.1 Å². The Bertz CT molecular complexity index is 816. The van der Waals surface area contributed by atoms with E-state index in [1.165, 1.54) is 24.3 Å². The zero-order chi connectivity index (χ0) is 15.5. The molecule has 0 unspecified atom stereocenters. The Kier molecular flexibility index (Phi) is 3.97. The molecule has 0 bridgehead atoms. The van der Waals surface area contributed by atoms with E-state index in [9.17, 15) is 9.18 Å². The standard InChI is InChI=1S/C15H10BrFN4O/c16-11-3-1-2-10(8-11)13-18-15(21-20-13)19-14(22)9-4-6-12(17)7-5-9/h1-8H,(H2,18,19,20,21,22). The number of benzene rings is 2. The van der Waals surface area contributed by atoms with Gasteiger partial charge in [0.05, 0.1) is 0 Å². The van der Waals surface area contributed by atoms with Crippen molar-refractivity contribution in [1.82, 2.24) is 15.2 Å². The van der Waals surface area contributed by atoms with Crippen LogP contribution in [0.25, 0.3) is 11.4 Å². The van der Waals surface area contributed by atoms with E-state index in [1.54, 1.807) is 0 Å². The number of hydrogen-bond acceptors (Lipinski definition) is 3. The maximum atomic E-state index is 12.8. The molecule has 0 atom stereocenters. The molecule has 22 heavy (non-hydrogen) atoms. The molecule has 0 saturated carbocycles. The number of H-pyrrole nitrogens is 1. The van der Waals surface area contributed by atoms with Crippen molar-refractivity contribution in [1.29, 1.82) is 0 Å². The van der Waals surface area contributed by atoms with Crippen molar-refractivity contribution in [3.63, 3.8) is 0 Å². The number of hydrogen-bond donors (Lipinski definition) is 2. The molecule has 0 aliphatic rings. The van der Waals surface area contributed by atoms with E-state index in [0.29, 0.717) is 11.4 Å².